The van der Waals surface area contributed by atoms with Crippen LogP contribution in [0.15, 0.2) is 24.3 Å². The van der Waals surface area contributed by atoms with Crippen LogP contribution in [0.4, 0.5) is 4.79 Å². The molecule has 1 aliphatic carbocycles. The van der Waals surface area contributed by atoms with E-state index in [-0.39, 0.29) is 17.7 Å². The zero-order valence-electron chi connectivity index (χ0n) is 16.7. The Morgan fingerprint density at radius 1 is 1.00 bits per heavy atom. The van der Waals surface area contributed by atoms with Gasteiger partial charge in [-0.25, -0.2) is 4.79 Å². The van der Waals surface area contributed by atoms with Crippen molar-refractivity contribution in [1.29, 1.82) is 0 Å². The zero-order chi connectivity index (χ0) is 19.8. The lowest BCUT2D eigenvalue weighted by Crippen LogP contribution is -2.43. The van der Waals surface area contributed by atoms with Gasteiger partial charge < -0.3 is 20.6 Å². The summed E-state index contributed by atoms with van der Waals surface area (Å²) in [5, 5.41) is 15.3. The number of nitrogens with zero attached hydrogens (tertiary/aromatic N) is 1. The lowest BCUT2D eigenvalue weighted by Gasteiger charge is -2.32. The van der Waals surface area contributed by atoms with Gasteiger partial charge in [0.15, 0.2) is 0 Å². The Morgan fingerprint density at radius 3 is 2.36 bits per heavy atom. The van der Waals surface area contributed by atoms with Gasteiger partial charge in [-0.15, -0.1) is 0 Å². The predicted molar refractivity (Wildman–Crippen MR) is 109 cm³/mol. The van der Waals surface area contributed by atoms with Crippen LogP contribution in [0.25, 0.3) is 0 Å². The lowest BCUT2D eigenvalue weighted by atomic mass is 9.89. The smallest absolute Gasteiger partial charge is 0.315 e. The molecule has 6 nitrogen and oxygen atoms in total. The standard InChI is InChI=1S/C22H33N3O3/c26-20-10-8-17(9-11-20)18-12-15-25(16-13-18)21(27)7-4-14-23-22(28)24-19-5-2-1-3-6-19/h8-11,18-19,26H,1-7,12-16H2,(H2,23,24,28). The average Bonchev–Trinajstić information content (AvgIpc) is 2.72. The van der Waals surface area contributed by atoms with Crippen LogP contribution < -0.4 is 10.6 Å². The van der Waals surface area contributed by atoms with Crippen LogP contribution in [-0.2, 0) is 4.79 Å². The molecule has 0 aromatic heterocycles. The van der Waals surface area contributed by atoms with Gasteiger partial charge in [-0.3, -0.25) is 4.79 Å². The first-order chi connectivity index (χ1) is 13.6. The van der Waals surface area contributed by atoms with Crippen molar-refractivity contribution in [3.63, 3.8) is 0 Å². The van der Waals surface area contributed by atoms with Crippen molar-refractivity contribution in [3.05, 3.63) is 29.8 Å². The molecule has 0 spiro atoms. The highest BCUT2D eigenvalue weighted by molar-refractivity contribution is 5.76. The number of nitrogens with one attached hydrogen (secondary N) is 2. The molecular formula is C22H33N3O3. The maximum Gasteiger partial charge on any atom is 0.315 e. The predicted octanol–water partition coefficient (Wildman–Crippen LogP) is 3.51. The van der Waals surface area contributed by atoms with Gasteiger partial charge >= 0.3 is 6.03 Å². The highest BCUT2D eigenvalue weighted by Gasteiger charge is 2.23. The number of hydrogen-bond acceptors (Lipinski definition) is 3. The number of phenols is 1. The second-order valence-electron chi connectivity index (χ2n) is 8.09. The number of aromatic hydroxyl groups is 1. The summed E-state index contributed by atoms with van der Waals surface area (Å²) in [6, 6.07) is 7.61. The minimum absolute atomic E-state index is 0.103. The van der Waals surface area contributed by atoms with E-state index in [0.29, 0.717) is 31.3 Å². The average molecular weight is 388 g/mol. The maximum absolute atomic E-state index is 12.4. The molecule has 1 saturated heterocycles. The van der Waals surface area contributed by atoms with Crippen LogP contribution >= 0.6 is 0 Å². The van der Waals surface area contributed by atoms with E-state index in [4.69, 9.17) is 0 Å². The number of piperidine rings is 1. The molecule has 0 atom stereocenters. The number of rotatable bonds is 6. The number of likely N-dealkylation sites (tertiary alicyclic amines) is 1. The molecule has 0 radical (unpaired) electrons. The van der Waals surface area contributed by atoms with Gasteiger partial charge in [0.05, 0.1) is 0 Å². The molecular weight excluding hydrogens is 354 g/mol. The van der Waals surface area contributed by atoms with Crippen LogP contribution in [0, 0.1) is 0 Å². The normalized spacial score (nSPS) is 18.6. The van der Waals surface area contributed by atoms with Gasteiger partial charge in [-0.05, 0) is 55.7 Å². The summed E-state index contributed by atoms with van der Waals surface area (Å²) in [6.07, 6.45) is 8.89. The molecule has 1 aliphatic heterocycles. The first kappa shape index (κ1) is 20.5. The van der Waals surface area contributed by atoms with Crippen LogP contribution in [0.5, 0.6) is 5.75 Å². The van der Waals surface area contributed by atoms with Crippen molar-refractivity contribution in [2.45, 2.75) is 69.7 Å². The minimum Gasteiger partial charge on any atom is -0.508 e. The SMILES string of the molecule is O=C(NCCCC(=O)N1CCC(c2ccc(O)cc2)CC1)NC1CCCCC1. The summed E-state index contributed by atoms with van der Waals surface area (Å²) in [7, 11) is 0. The third kappa shape index (κ3) is 6.14. The summed E-state index contributed by atoms with van der Waals surface area (Å²) in [4.78, 5) is 26.3. The lowest BCUT2D eigenvalue weighted by molar-refractivity contribution is -0.132. The Morgan fingerprint density at radius 2 is 1.68 bits per heavy atom. The molecule has 6 heteroatoms. The van der Waals surface area contributed by atoms with Gasteiger partial charge in [-0.1, -0.05) is 31.4 Å². The van der Waals surface area contributed by atoms with E-state index in [1.807, 2.05) is 17.0 Å². The fraction of sp³-hybridized carbons (Fsp3) is 0.636. The molecule has 0 bridgehead atoms. The number of phenolic OH excluding ortho intramolecular Hbond substituents is 1. The Balaban J connectivity index is 1.29. The molecule has 1 saturated carbocycles. The van der Waals surface area contributed by atoms with Crippen molar-refractivity contribution in [3.8, 4) is 5.75 Å². The first-order valence-corrected chi connectivity index (χ1v) is 10.7. The minimum atomic E-state index is -0.103. The zero-order valence-corrected chi connectivity index (χ0v) is 16.7. The van der Waals surface area contributed by atoms with Crippen molar-refractivity contribution in [1.82, 2.24) is 15.5 Å². The number of hydrogen-bond donors (Lipinski definition) is 3. The third-order valence-corrected chi connectivity index (χ3v) is 6.01. The Bertz CT molecular complexity index is 633. The molecule has 1 aromatic carbocycles. The molecule has 2 fully saturated rings. The summed E-state index contributed by atoms with van der Waals surface area (Å²) in [5.41, 5.74) is 1.23. The molecule has 28 heavy (non-hydrogen) atoms. The topological polar surface area (TPSA) is 81.7 Å². The third-order valence-electron chi connectivity index (χ3n) is 6.01. The van der Waals surface area contributed by atoms with Crippen LogP contribution in [0.3, 0.4) is 0 Å². The molecule has 154 valence electrons. The van der Waals surface area contributed by atoms with Crippen LogP contribution in [0.1, 0.15) is 69.3 Å². The largest absolute Gasteiger partial charge is 0.508 e. The van der Waals surface area contributed by atoms with Crippen LogP contribution in [0.2, 0.25) is 0 Å². The van der Waals surface area contributed by atoms with Gasteiger partial charge in [0.1, 0.15) is 5.75 Å². The first-order valence-electron chi connectivity index (χ1n) is 10.7. The van der Waals surface area contributed by atoms with E-state index in [2.05, 4.69) is 10.6 Å². The molecule has 1 aromatic rings. The summed E-state index contributed by atoms with van der Waals surface area (Å²) >= 11 is 0. The molecule has 1 heterocycles. The second kappa shape index (κ2) is 10.3. The van der Waals surface area contributed by atoms with E-state index < -0.39 is 0 Å². The molecule has 0 unspecified atom stereocenters. The number of benzene rings is 1. The summed E-state index contributed by atoms with van der Waals surface area (Å²) in [6.45, 7) is 2.09. The van der Waals surface area contributed by atoms with E-state index in [0.717, 1.165) is 38.8 Å². The van der Waals surface area contributed by atoms with Gasteiger partial charge in [0.2, 0.25) is 5.91 Å². The number of carbonyl (C=O) groups excluding carboxylic acids is 2. The Kier molecular flexibility index (Phi) is 7.57. The maximum atomic E-state index is 12.4. The Labute approximate surface area is 167 Å². The highest BCUT2D eigenvalue weighted by Crippen LogP contribution is 2.29. The summed E-state index contributed by atoms with van der Waals surface area (Å²) in [5.74, 6) is 0.922. The van der Waals surface area contributed by atoms with Crippen molar-refractivity contribution in [2.75, 3.05) is 19.6 Å². The van der Waals surface area contributed by atoms with Gasteiger partial charge in [-0.2, -0.15) is 0 Å². The Hall–Kier alpha value is -2.24. The van der Waals surface area contributed by atoms with Crippen LogP contribution in [-0.4, -0.2) is 47.6 Å². The quantitative estimate of drug-likeness (QED) is 0.653. The monoisotopic (exact) mass is 387 g/mol. The van der Waals surface area contributed by atoms with E-state index in [9.17, 15) is 14.7 Å². The van der Waals surface area contributed by atoms with Crippen molar-refractivity contribution < 1.29 is 14.7 Å². The number of carbonyl (C=O) groups is 2. The van der Waals surface area contributed by atoms with Gasteiger partial charge in [0.25, 0.3) is 0 Å². The van der Waals surface area contributed by atoms with E-state index in [1.54, 1.807) is 12.1 Å². The van der Waals surface area contributed by atoms with E-state index in [1.165, 1.54) is 24.8 Å². The van der Waals surface area contributed by atoms with Gasteiger partial charge in [0, 0.05) is 32.1 Å². The summed E-state index contributed by atoms with van der Waals surface area (Å²) < 4.78 is 0. The highest BCUT2D eigenvalue weighted by atomic mass is 16.3. The van der Waals surface area contributed by atoms with Crippen molar-refractivity contribution >= 4 is 11.9 Å². The number of amides is 3. The second-order valence-corrected chi connectivity index (χ2v) is 8.09. The molecule has 3 rings (SSSR count). The van der Waals surface area contributed by atoms with E-state index >= 15 is 0 Å². The van der Waals surface area contributed by atoms with Crippen molar-refractivity contribution in [2.24, 2.45) is 0 Å². The fourth-order valence-electron chi connectivity index (χ4n) is 4.29. The molecule has 2 aliphatic rings. The number of urea groups is 1. The fourth-order valence-corrected chi connectivity index (χ4v) is 4.29. The molecule has 3 amide bonds. The molecule has 3 N–H and O–H groups in total.